The molecule has 0 bridgehead atoms. The molecule has 0 N–H and O–H groups in total. The van der Waals surface area contributed by atoms with Crippen molar-refractivity contribution in [3.8, 4) is 5.75 Å². The highest BCUT2D eigenvalue weighted by atomic mass is 16.7. The number of hydrogen-bond acceptors (Lipinski definition) is 6. The van der Waals surface area contributed by atoms with Crippen molar-refractivity contribution < 1.29 is 23.9 Å². The van der Waals surface area contributed by atoms with Crippen LogP contribution in [0.3, 0.4) is 0 Å². The van der Waals surface area contributed by atoms with Gasteiger partial charge in [-0.05, 0) is 51.2 Å². The lowest BCUT2D eigenvalue weighted by Crippen LogP contribution is -2.14. The molecule has 1 heterocycles. The zero-order valence-electron chi connectivity index (χ0n) is 18.2. The van der Waals surface area contributed by atoms with Crippen LogP contribution in [0.1, 0.15) is 82.6 Å². The standard InChI is InChI=1S/C24H35NO5/c1-20-14-16-22(17-15-20)29-19-24(27)30-25-21-11-8-6-4-2-3-5-7-9-13-23(26)28-18-10-12-21/h14-17H,2-13,18-19H2,1H3/b25-21+. The smallest absolute Gasteiger partial charge is 0.372 e. The summed E-state index contributed by atoms with van der Waals surface area (Å²) in [6.07, 6.45) is 11.6. The van der Waals surface area contributed by atoms with Crippen LogP contribution in [0, 0.1) is 6.92 Å². The van der Waals surface area contributed by atoms with Gasteiger partial charge < -0.3 is 14.3 Å². The molecule has 0 aliphatic carbocycles. The number of nitrogens with zero attached hydrogens (tertiary/aromatic N) is 1. The van der Waals surface area contributed by atoms with E-state index in [1.54, 1.807) is 0 Å². The van der Waals surface area contributed by atoms with Crippen LogP contribution < -0.4 is 4.74 Å². The Kier molecular flexibility index (Phi) is 11.6. The molecule has 6 heteroatoms. The van der Waals surface area contributed by atoms with E-state index < -0.39 is 5.97 Å². The van der Waals surface area contributed by atoms with Gasteiger partial charge >= 0.3 is 11.9 Å². The highest BCUT2D eigenvalue weighted by Gasteiger charge is 2.09. The Balaban J connectivity index is 1.79. The summed E-state index contributed by atoms with van der Waals surface area (Å²) in [7, 11) is 0. The van der Waals surface area contributed by atoms with Crippen molar-refractivity contribution in [3.05, 3.63) is 29.8 Å². The van der Waals surface area contributed by atoms with Crippen molar-refractivity contribution in [2.45, 2.75) is 84.0 Å². The minimum atomic E-state index is -0.526. The molecule has 1 fully saturated rings. The highest BCUT2D eigenvalue weighted by Crippen LogP contribution is 2.14. The molecule has 1 aliphatic rings. The maximum absolute atomic E-state index is 12.0. The third-order valence-corrected chi connectivity index (χ3v) is 5.12. The number of oxime groups is 1. The van der Waals surface area contributed by atoms with Gasteiger partial charge in [-0.2, -0.15) is 0 Å². The van der Waals surface area contributed by atoms with Crippen LogP contribution in [0.4, 0.5) is 0 Å². The van der Waals surface area contributed by atoms with E-state index in [-0.39, 0.29) is 12.6 Å². The number of carbonyl (C=O) groups excluding carboxylic acids is 2. The van der Waals surface area contributed by atoms with Gasteiger partial charge in [-0.15, -0.1) is 0 Å². The van der Waals surface area contributed by atoms with Gasteiger partial charge in [-0.25, -0.2) is 4.79 Å². The lowest BCUT2D eigenvalue weighted by molar-refractivity contribution is -0.146. The van der Waals surface area contributed by atoms with E-state index in [9.17, 15) is 9.59 Å². The Morgan fingerprint density at radius 1 is 0.900 bits per heavy atom. The molecule has 6 nitrogen and oxygen atoms in total. The van der Waals surface area contributed by atoms with Crippen molar-refractivity contribution >= 4 is 17.7 Å². The van der Waals surface area contributed by atoms with Gasteiger partial charge in [-0.3, -0.25) is 4.79 Å². The number of esters is 1. The Morgan fingerprint density at radius 2 is 1.50 bits per heavy atom. The highest BCUT2D eigenvalue weighted by molar-refractivity contribution is 5.85. The van der Waals surface area contributed by atoms with Gasteiger partial charge in [0.15, 0.2) is 6.61 Å². The van der Waals surface area contributed by atoms with E-state index >= 15 is 0 Å². The van der Waals surface area contributed by atoms with Crippen LogP contribution in [-0.4, -0.2) is 30.9 Å². The minimum Gasteiger partial charge on any atom is -0.482 e. The van der Waals surface area contributed by atoms with Gasteiger partial charge in [0.25, 0.3) is 0 Å². The number of cyclic esters (lactones) is 1. The summed E-state index contributed by atoms with van der Waals surface area (Å²) in [5.74, 6) is -0.0290. The van der Waals surface area contributed by atoms with Gasteiger partial charge in [0, 0.05) is 6.42 Å². The third kappa shape index (κ3) is 11.0. The van der Waals surface area contributed by atoms with E-state index in [4.69, 9.17) is 14.3 Å². The van der Waals surface area contributed by atoms with Gasteiger partial charge in [0.1, 0.15) is 5.75 Å². The van der Waals surface area contributed by atoms with Gasteiger partial charge in [0.2, 0.25) is 0 Å². The van der Waals surface area contributed by atoms with Crippen LogP contribution in [0.5, 0.6) is 5.75 Å². The largest absolute Gasteiger partial charge is 0.482 e. The molecule has 1 aromatic rings. The molecule has 0 atom stereocenters. The first-order valence-corrected chi connectivity index (χ1v) is 11.2. The van der Waals surface area contributed by atoms with E-state index in [0.717, 1.165) is 43.4 Å². The second kappa shape index (κ2) is 14.6. The Bertz CT molecular complexity index is 669. The molecule has 0 spiro atoms. The Hall–Kier alpha value is -2.37. The zero-order chi connectivity index (χ0) is 21.4. The summed E-state index contributed by atoms with van der Waals surface area (Å²) >= 11 is 0. The summed E-state index contributed by atoms with van der Waals surface area (Å²) < 4.78 is 10.7. The fourth-order valence-electron chi connectivity index (χ4n) is 3.33. The van der Waals surface area contributed by atoms with E-state index in [0.29, 0.717) is 31.6 Å². The first-order chi connectivity index (χ1) is 14.6. The van der Waals surface area contributed by atoms with Crippen LogP contribution in [0.15, 0.2) is 29.4 Å². The SMILES string of the molecule is Cc1ccc(OCC(=O)O/N=C2\CCCCCCCCCCC(=O)OCCC2)cc1. The van der Waals surface area contributed by atoms with Gasteiger partial charge in [-0.1, -0.05) is 61.4 Å². The van der Waals surface area contributed by atoms with Crippen molar-refractivity contribution in [3.63, 3.8) is 0 Å². The van der Waals surface area contributed by atoms with E-state index in [1.165, 1.54) is 25.7 Å². The van der Waals surface area contributed by atoms with E-state index in [1.807, 2.05) is 31.2 Å². The number of rotatable bonds is 4. The van der Waals surface area contributed by atoms with E-state index in [2.05, 4.69) is 5.16 Å². The zero-order valence-corrected chi connectivity index (χ0v) is 18.2. The van der Waals surface area contributed by atoms with Crippen LogP contribution in [0.25, 0.3) is 0 Å². The molecular weight excluding hydrogens is 382 g/mol. The summed E-state index contributed by atoms with van der Waals surface area (Å²) in [4.78, 5) is 28.8. The number of benzene rings is 1. The molecule has 1 aromatic carbocycles. The third-order valence-electron chi connectivity index (χ3n) is 5.12. The van der Waals surface area contributed by atoms with Crippen LogP contribution in [-0.2, 0) is 19.2 Å². The molecule has 2 rings (SSSR count). The topological polar surface area (TPSA) is 74.2 Å². The second-order valence-electron chi connectivity index (χ2n) is 7.87. The quantitative estimate of drug-likeness (QED) is 0.367. The number of ether oxygens (including phenoxy) is 2. The number of aryl methyl sites for hydroxylation is 1. The summed E-state index contributed by atoms with van der Waals surface area (Å²) in [6.45, 7) is 2.18. The number of carbonyl (C=O) groups is 2. The lowest BCUT2D eigenvalue weighted by atomic mass is 10.0. The Labute approximate surface area is 180 Å². The minimum absolute atomic E-state index is 0.125. The maximum atomic E-state index is 12.0. The summed E-state index contributed by atoms with van der Waals surface area (Å²) in [5.41, 5.74) is 1.96. The molecule has 0 unspecified atom stereocenters. The van der Waals surface area contributed by atoms with Crippen molar-refractivity contribution in [1.29, 1.82) is 0 Å². The molecule has 0 saturated carbocycles. The normalized spacial score (nSPS) is 19.1. The first kappa shape index (κ1) is 23.9. The van der Waals surface area contributed by atoms with Gasteiger partial charge in [0.05, 0.1) is 12.3 Å². The van der Waals surface area contributed by atoms with Crippen molar-refractivity contribution in [1.82, 2.24) is 0 Å². The fourth-order valence-corrected chi connectivity index (χ4v) is 3.33. The molecule has 0 amide bonds. The molecule has 30 heavy (non-hydrogen) atoms. The maximum Gasteiger partial charge on any atom is 0.372 e. The predicted molar refractivity (Wildman–Crippen MR) is 117 cm³/mol. The van der Waals surface area contributed by atoms with Crippen LogP contribution in [0.2, 0.25) is 0 Å². The first-order valence-electron chi connectivity index (χ1n) is 11.2. The average Bonchev–Trinajstić information content (AvgIpc) is 2.74. The summed E-state index contributed by atoms with van der Waals surface area (Å²) in [5, 5.41) is 4.08. The summed E-state index contributed by atoms with van der Waals surface area (Å²) in [6, 6.07) is 7.48. The molecule has 1 saturated heterocycles. The predicted octanol–water partition coefficient (Wildman–Crippen LogP) is 5.51. The monoisotopic (exact) mass is 417 g/mol. The second-order valence-corrected chi connectivity index (χ2v) is 7.87. The number of hydrogen-bond donors (Lipinski definition) is 0. The molecule has 0 radical (unpaired) electrons. The average molecular weight is 418 g/mol. The molecule has 0 aromatic heterocycles. The molecule has 166 valence electrons. The van der Waals surface area contributed by atoms with Crippen LogP contribution >= 0.6 is 0 Å². The van der Waals surface area contributed by atoms with Crippen molar-refractivity contribution in [2.24, 2.45) is 5.16 Å². The molecule has 1 aliphatic heterocycles. The fraction of sp³-hybridized carbons (Fsp3) is 0.625. The molecular formula is C24H35NO5. The Morgan fingerprint density at radius 3 is 2.20 bits per heavy atom. The van der Waals surface area contributed by atoms with Crippen molar-refractivity contribution in [2.75, 3.05) is 13.2 Å². The lowest BCUT2D eigenvalue weighted by Gasteiger charge is -2.09.